The number of carbonyl (C=O) groups excluding carboxylic acids is 2. The number of amides is 2. The Labute approximate surface area is 211 Å². The Morgan fingerprint density at radius 3 is 2.58 bits per heavy atom. The van der Waals surface area contributed by atoms with Gasteiger partial charge < -0.3 is 9.15 Å². The van der Waals surface area contributed by atoms with Gasteiger partial charge in [-0.1, -0.05) is 38.1 Å². The van der Waals surface area contributed by atoms with Crippen molar-refractivity contribution in [2.75, 3.05) is 13.2 Å². The fourth-order valence-corrected chi connectivity index (χ4v) is 4.72. The minimum absolute atomic E-state index is 0.194. The van der Waals surface area contributed by atoms with Gasteiger partial charge in [0.15, 0.2) is 0 Å². The second kappa shape index (κ2) is 10.2. The van der Waals surface area contributed by atoms with Crippen LogP contribution in [0.5, 0.6) is 5.75 Å². The molecule has 4 rings (SSSR count). The van der Waals surface area contributed by atoms with Gasteiger partial charge in [-0.25, -0.2) is 0 Å². The summed E-state index contributed by atoms with van der Waals surface area (Å²) in [6.07, 6.45) is 1.62. The van der Waals surface area contributed by atoms with Crippen LogP contribution in [0.3, 0.4) is 0 Å². The third kappa shape index (κ3) is 5.52. The van der Waals surface area contributed by atoms with Gasteiger partial charge in [-0.15, -0.1) is 0 Å². The zero-order chi connectivity index (χ0) is 23.5. The molecule has 2 amide bonds. The van der Waals surface area contributed by atoms with Crippen LogP contribution in [-0.4, -0.2) is 29.2 Å². The van der Waals surface area contributed by atoms with E-state index in [-0.39, 0.29) is 24.3 Å². The van der Waals surface area contributed by atoms with Crippen LogP contribution in [0.2, 0.25) is 0 Å². The van der Waals surface area contributed by atoms with Crippen molar-refractivity contribution < 1.29 is 18.7 Å². The van der Waals surface area contributed by atoms with Crippen molar-refractivity contribution in [2.24, 2.45) is 0 Å². The fourth-order valence-electron chi connectivity index (χ4n) is 3.51. The summed E-state index contributed by atoms with van der Waals surface area (Å²) in [5.41, 5.74) is 3.17. The highest BCUT2D eigenvalue weighted by molar-refractivity contribution is 14.1. The van der Waals surface area contributed by atoms with Gasteiger partial charge in [0.05, 0.1) is 11.4 Å². The highest BCUT2D eigenvalue weighted by Gasteiger charge is 2.35. The van der Waals surface area contributed by atoms with Crippen LogP contribution >= 0.6 is 34.4 Å². The van der Waals surface area contributed by atoms with Crippen molar-refractivity contribution in [1.82, 2.24) is 4.90 Å². The Morgan fingerprint density at radius 1 is 1.09 bits per heavy atom. The minimum atomic E-state index is -0.325. The zero-order valence-electron chi connectivity index (χ0n) is 18.6. The molecule has 1 saturated heterocycles. The summed E-state index contributed by atoms with van der Waals surface area (Å²) in [5, 5.41) is -0.299. The highest BCUT2D eigenvalue weighted by Crippen LogP contribution is 2.34. The van der Waals surface area contributed by atoms with Gasteiger partial charge in [-0.05, 0) is 88.7 Å². The summed E-state index contributed by atoms with van der Waals surface area (Å²) in [5.74, 6) is 2.04. The quantitative estimate of drug-likeness (QED) is 0.223. The molecule has 2 heterocycles. The first-order valence-corrected chi connectivity index (χ1v) is 12.6. The maximum atomic E-state index is 12.8. The second-order valence-electron chi connectivity index (χ2n) is 8.09. The number of halogens is 1. The molecule has 0 radical (unpaired) electrons. The molecule has 33 heavy (non-hydrogen) atoms. The van der Waals surface area contributed by atoms with Gasteiger partial charge in [0.2, 0.25) is 0 Å². The van der Waals surface area contributed by atoms with Crippen LogP contribution in [0, 0.1) is 10.5 Å². The maximum absolute atomic E-state index is 12.8. The molecule has 0 bridgehead atoms. The van der Waals surface area contributed by atoms with Crippen LogP contribution in [-0.2, 0) is 4.79 Å². The molecule has 1 fully saturated rings. The molecule has 2 aromatic carbocycles. The van der Waals surface area contributed by atoms with E-state index < -0.39 is 0 Å². The number of aryl methyl sites for hydroxylation is 1. The van der Waals surface area contributed by atoms with Crippen LogP contribution < -0.4 is 4.74 Å². The molecule has 0 aliphatic carbocycles. The van der Waals surface area contributed by atoms with Crippen molar-refractivity contribution in [3.8, 4) is 17.1 Å². The lowest BCUT2D eigenvalue weighted by atomic mass is 10.0. The number of furan rings is 1. The molecular weight excluding hydrogens is 549 g/mol. The average molecular weight is 573 g/mol. The Balaban J connectivity index is 1.42. The number of imide groups is 1. The molecular formula is C26H24INO4S. The molecule has 0 saturated carbocycles. The van der Waals surface area contributed by atoms with E-state index in [1.165, 1.54) is 4.90 Å². The molecule has 5 nitrogen and oxygen atoms in total. The van der Waals surface area contributed by atoms with Gasteiger partial charge >= 0.3 is 0 Å². The summed E-state index contributed by atoms with van der Waals surface area (Å²) < 4.78 is 13.0. The molecule has 0 atom stereocenters. The first-order valence-electron chi connectivity index (χ1n) is 10.7. The second-order valence-corrected chi connectivity index (χ2v) is 10.3. The lowest BCUT2D eigenvalue weighted by Gasteiger charge is -2.17. The van der Waals surface area contributed by atoms with Crippen LogP contribution in [0.4, 0.5) is 4.79 Å². The topological polar surface area (TPSA) is 59.8 Å². The third-order valence-corrected chi connectivity index (χ3v) is 6.89. The summed E-state index contributed by atoms with van der Waals surface area (Å²) in [4.78, 5) is 26.9. The predicted octanol–water partition coefficient (Wildman–Crippen LogP) is 7.10. The van der Waals surface area contributed by atoms with Crippen molar-refractivity contribution >= 4 is 51.6 Å². The number of hydrogen-bond donors (Lipinski definition) is 0. The zero-order valence-corrected chi connectivity index (χ0v) is 21.6. The molecule has 0 spiro atoms. The van der Waals surface area contributed by atoms with E-state index in [2.05, 4.69) is 48.6 Å². The van der Waals surface area contributed by atoms with E-state index in [0.29, 0.717) is 22.3 Å². The smallest absolute Gasteiger partial charge is 0.293 e. The van der Waals surface area contributed by atoms with E-state index in [1.54, 1.807) is 12.1 Å². The number of ether oxygens (including phenoxy) is 1. The number of benzene rings is 2. The molecule has 1 aliphatic heterocycles. The van der Waals surface area contributed by atoms with Gasteiger partial charge in [0, 0.05) is 15.2 Å². The molecule has 7 heteroatoms. The number of rotatable bonds is 7. The largest absolute Gasteiger partial charge is 0.491 e. The summed E-state index contributed by atoms with van der Waals surface area (Å²) in [6, 6.07) is 17.8. The van der Waals surface area contributed by atoms with Crippen molar-refractivity contribution in [3.05, 3.63) is 80.0 Å². The van der Waals surface area contributed by atoms with E-state index >= 15 is 0 Å². The molecule has 1 aliphatic rings. The normalized spacial score (nSPS) is 15.2. The fraction of sp³-hybridized carbons (Fsp3) is 0.231. The van der Waals surface area contributed by atoms with Crippen LogP contribution in [0.1, 0.15) is 36.7 Å². The maximum Gasteiger partial charge on any atom is 0.293 e. The number of hydrogen-bond acceptors (Lipinski definition) is 5. The monoisotopic (exact) mass is 573 g/mol. The predicted molar refractivity (Wildman–Crippen MR) is 140 cm³/mol. The summed E-state index contributed by atoms with van der Waals surface area (Å²) in [7, 11) is 0. The summed E-state index contributed by atoms with van der Waals surface area (Å²) in [6.45, 7) is 6.66. The summed E-state index contributed by atoms with van der Waals surface area (Å²) >= 11 is 3.17. The first-order chi connectivity index (χ1) is 15.8. The molecule has 1 aromatic heterocycles. The Morgan fingerprint density at radius 2 is 1.85 bits per heavy atom. The van der Waals surface area contributed by atoms with E-state index in [9.17, 15) is 9.59 Å². The highest BCUT2D eigenvalue weighted by atomic mass is 127. The van der Waals surface area contributed by atoms with Gasteiger partial charge in [-0.2, -0.15) is 0 Å². The number of carbonyl (C=O) groups is 2. The Hall–Kier alpha value is -2.52. The molecule has 170 valence electrons. The average Bonchev–Trinajstić information content (AvgIpc) is 3.34. The SMILES string of the molecule is Cc1ccc(C(C)C)c(OCCN2C(=O)S/C(=C\c3ccc(-c4ccc(I)cc4)o3)C2=O)c1. The van der Waals surface area contributed by atoms with E-state index in [4.69, 9.17) is 9.15 Å². The van der Waals surface area contributed by atoms with E-state index in [1.807, 2.05) is 43.3 Å². The third-order valence-electron chi connectivity index (χ3n) is 5.27. The first kappa shape index (κ1) is 23.6. The van der Waals surface area contributed by atoms with Gasteiger partial charge in [-0.3, -0.25) is 14.5 Å². The van der Waals surface area contributed by atoms with Crippen LogP contribution in [0.15, 0.2) is 63.9 Å². The van der Waals surface area contributed by atoms with Crippen molar-refractivity contribution in [1.29, 1.82) is 0 Å². The molecule has 0 unspecified atom stereocenters. The molecule has 0 N–H and O–H groups in total. The van der Waals surface area contributed by atoms with Gasteiger partial charge in [0.25, 0.3) is 11.1 Å². The van der Waals surface area contributed by atoms with E-state index in [0.717, 1.165) is 37.8 Å². The lowest BCUT2D eigenvalue weighted by Crippen LogP contribution is -2.32. The van der Waals surface area contributed by atoms with Crippen LogP contribution in [0.25, 0.3) is 17.4 Å². The minimum Gasteiger partial charge on any atom is -0.491 e. The van der Waals surface area contributed by atoms with Gasteiger partial charge in [0.1, 0.15) is 23.9 Å². The Kier molecular flexibility index (Phi) is 7.29. The number of nitrogens with zero attached hydrogens (tertiary/aromatic N) is 1. The number of thioether (sulfide) groups is 1. The Bertz CT molecular complexity index is 1210. The molecule has 3 aromatic rings. The van der Waals surface area contributed by atoms with Crippen molar-refractivity contribution in [2.45, 2.75) is 26.7 Å². The standard InChI is InChI=1S/C26H24INO4S/c1-16(2)21-10-4-17(3)14-23(21)31-13-12-28-25(29)24(33-26(28)30)15-20-9-11-22(32-20)18-5-7-19(27)8-6-18/h4-11,14-16H,12-13H2,1-3H3/b24-15-. The van der Waals surface area contributed by atoms with Crippen molar-refractivity contribution in [3.63, 3.8) is 0 Å². The lowest BCUT2D eigenvalue weighted by molar-refractivity contribution is -0.123.